The molecule has 1 N–H and O–H groups in total. The fraction of sp³-hybridized carbons (Fsp3) is 0.472. The number of halogens is 2. The Morgan fingerprint density at radius 1 is 1.04 bits per heavy atom. The number of phenols is 1. The second-order valence-corrected chi connectivity index (χ2v) is 12.2. The van der Waals surface area contributed by atoms with Crippen molar-refractivity contribution in [3.63, 3.8) is 0 Å². The molecular formula is C36H41F2N5O2. The number of pyridine rings is 1. The van der Waals surface area contributed by atoms with E-state index in [0.717, 1.165) is 37.1 Å². The number of methoxy groups -OCH3 is 1. The monoisotopic (exact) mass is 613 g/mol. The summed E-state index contributed by atoms with van der Waals surface area (Å²) in [5.74, 6) is 3.52. The van der Waals surface area contributed by atoms with E-state index >= 15 is 0 Å². The van der Waals surface area contributed by atoms with E-state index in [-0.39, 0.29) is 17.3 Å². The minimum Gasteiger partial charge on any atom is -0.508 e. The average Bonchev–Trinajstić information content (AvgIpc) is 3.63. The molecule has 0 amide bonds. The smallest absolute Gasteiger partial charge is 0.316 e. The lowest BCUT2D eigenvalue weighted by atomic mass is 9.77. The standard InChI is InChI=1S/C27H23FN4O2.C7H12FN.C2H6/c1-3-18-21(28)9-8-15-10-17(33)11-19(25(15)18)22-12-23-20(13-29-27(31-23)34-2)26(30-22)32-14-16-6-4-5-7-24(16)32;8-6-4-7-2-1-3-9(7)5-6;1-2/h1,8-13,16,24,33H,4-7,14H2,2H3;6-7H,1-5H2;1-2H3. The summed E-state index contributed by atoms with van der Waals surface area (Å²) >= 11 is 0. The van der Waals surface area contributed by atoms with Crippen LogP contribution in [0.4, 0.5) is 14.6 Å². The first-order chi connectivity index (χ1) is 21.9. The van der Waals surface area contributed by atoms with Crippen molar-refractivity contribution in [1.82, 2.24) is 19.9 Å². The largest absolute Gasteiger partial charge is 0.508 e. The van der Waals surface area contributed by atoms with E-state index in [0.29, 0.717) is 52.1 Å². The van der Waals surface area contributed by atoms with Crippen LogP contribution < -0.4 is 9.64 Å². The van der Waals surface area contributed by atoms with Gasteiger partial charge < -0.3 is 14.7 Å². The SMILES string of the molecule is C#Cc1c(F)ccc2cc(O)cc(-c3cc4nc(OC)ncc4c(N4CC5CCCCC54)n3)c12.CC.FC1CC2CCCN2C1. The molecule has 1 saturated carbocycles. The van der Waals surface area contributed by atoms with Crippen molar-refractivity contribution in [1.29, 1.82) is 0 Å². The fourth-order valence-corrected chi connectivity index (χ4v) is 7.55. The zero-order valence-corrected chi connectivity index (χ0v) is 26.3. The number of alkyl halides is 1. The Hall–Kier alpha value is -4.03. The Balaban J connectivity index is 0.000000275. The van der Waals surface area contributed by atoms with Gasteiger partial charge in [-0.05, 0) is 74.2 Å². The lowest BCUT2D eigenvalue weighted by Crippen LogP contribution is -2.58. The second kappa shape index (κ2) is 13.1. The highest BCUT2D eigenvalue weighted by atomic mass is 19.1. The first kappa shape index (κ1) is 31.0. The molecule has 4 unspecified atom stereocenters. The quantitative estimate of drug-likeness (QED) is 0.244. The molecule has 4 aromatic rings. The van der Waals surface area contributed by atoms with Gasteiger partial charge in [0.2, 0.25) is 0 Å². The van der Waals surface area contributed by atoms with Crippen molar-refractivity contribution in [2.45, 2.75) is 77.0 Å². The Morgan fingerprint density at radius 3 is 2.62 bits per heavy atom. The summed E-state index contributed by atoms with van der Waals surface area (Å²) in [4.78, 5) is 18.5. The molecular weight excluding hydrogens is 572 g/mol. The van der Waals surface area contributed by atoms with E-state index in [2.05, 4.69) is 25.7 Å². The van der Waals surface area contributed by atoms with Gasteiger partial charge in [0.25, 0.3) is 0 Å². The topological polar surface area (TPSA) is 74.6 Å². The lowest BCUT2D eigenvalue weighted by molar-refractivity contribution is 0.213. The molecule has 2 aromatic heterocycles. The molecule has 2 aromatic carbocycles. The normalized spacial score (nSPS) is 23.6. The van der Waals surface area contributed by atoms with Gasteiger partial charge >= 0.3 is 6.01 Å². The zero-order valence-electron chi connectivity index (χ0n) is 26.3. The highest BCUT2D eigenvalue weighted by Gasteiger charge is 2.41. The van der Waals surface area contributed by atoms with Crippen LogP contribution in [-0.4, -0.2) is 70.0 Å². The summed E-state index contributed by atoms with van der Waals surface area (Å²) in [7, 11) is 1.52. The van der Waals surface area contributed by atoms with Gasteiger partial charge in [-0.1, -0.05) is 38.7 Å². The van der Waals surface area contributed by atoms with E-state index in [1.54, 1.807) is 24.4 Å². The van der Waals surface area contributed by atoms with Gasteiger partial charge in [-0.3, -0.25) is 4.90 Å². The van der Waals surface area contributed by atoms with Gasteiger partial charge in [0.1, 0.15) is 23.6 Å². The molecule has 4 fully saturated rings. The molecule has 3 aliphatic heterocycles. The summed E-state index contributed by atoms with van der Waals surface area (Å²) in [6.07, 6.45) is 15.1. The molecule has 0 spiro atoms. The number of aromatic hydroxyl groups is 1. The maximum Gasteiger partial charge on any atom is 0.316 e. The number of phenolic OH excluding ortho intramolecular Hbond substituents is 1. The molecule has 45 heavy (non-hydrogen) atoms. The van der Waals surface area contributed by atoms with E-state index in [4.69, 9.17) is 16.1 Å². The van der Waals surface area contributed by atoms with E-state index in [1.807, 2.05) is 19.9 Å². The van der Waals surface area contributed by atoms with Gasteiger partial charge in [0, 0.05) is 42.3 Å². The van der Waals surface area contributed by atoms with Crippen LogP contribution in [0.1, 0.15) is 64.4 Å². The number of aromatic nitrogens is 3. The molecule has 9 heteroatoms. The molecule has 4 atom stereocenters. The summed E-state index contributed by atoms with van der Waals surface area (Å²) in [6, 6.07) is 9.23. The third kappa shape index (κ3) is 5.88. The number of ether oxygens (including phenoxy) is 1. The van der Waals surface area contributed by atoms with Gasteiger partial charge in [0.15, 0.2) is 0 Å². The van der Waals surface area contributed by atoms with Crippen molar-refractivity contribution < 1.29 is 18.6 Å². The number of nitrogens with zero attached hydrogens (tertiary/aromatic N) is 5. The minimum atomic E-state index is -0.518. The Kier molecular flexibility index (Phi) is 9.04. The highest BCUT2D eigenvalue weighted by Crippen LogP contribution is 2.43. The molecule has 0 radical (unpaired) electrons. The van der Waals surface area contributed by atoms with Crippen LogP contribution in [0.3, 0.4) is 0 Å². The van der Waals surface area contributed by atoms with E-state index in [9.17, 15) is 13.9 Å². The molecule has 1 aliphatic carbocycles. The average molecular weight is 614 g/mol. The third-order valence-electron chi connectivity index (χ3n) is 9.62. The maximum atomic E-state index is 14.7. The lowest BCUT2D eigenvalue weighted by Gasteiger charge is -2.52. The van der Waals surface area contributed by atoms with Crippen LogP contribution in [-0.2, 0) is 0 Å². The summed E-state index contributed by atoms with van der Waals surface area (Å²) in [5.41, 5.74) is 1.93. The summed E-state index contributed by atoms with van der Waals surface area (Å²) < 4.78 is 32.5. The first-order valence-corrected chi connectivity index (χ1v) is 16.2. The van der Waals surface area contributed by atoms with Crippen molar-refractivity contribution >= 4 is 27.5 Å². The molecule has 5 heterocycles. The fourth-order valence-electron chi connectivity index (χ4n) is 7.55. The van der Waals surface area contributed by atoms with E-state index < -0.39 is 12.0 Å². The van der Waals surface area contributed by atoms with Gasteiger partial charge in [-0.25, -0.2) is 18.7 Å². The number of terminal acetylenes is 1. The van der Waals surface area contributed by atoms with Crippen LogP contribution in [0.2, 0.25) is 0 Å². The first-order valence-electron chi connectivity index (χ1n) is 16.2. The predicted octanol–water partition coefficient (Wildman–Crippen LogP) is 7.28. The van der Waals surface area contributed by atoms with Gasteiger partial charge in [0.05, 0.1) is 29.3 Å². The summed E-state index contributed by atoms with van der Waals surface area (Å²) in [6.45, 7) is 6.79. The summed E-state index contributed by atoms with van der Waals surface area (Å²) in [5, 5.41) is 12.5. The molecule has 7 nitrogen and oxygen atoms in total. The number of anilines is 1. The third-order valence-corrected chi connectivity index (χ3v) is 9.62. The van der Waals surface area contributed by atoms with Crippen LogP contribution in [0, 0.1) is 24.1 Å². The molecule has 236 valence electrons. The second-order valence-electron chi connectivity index (χ2n) is 12.2. The van der Waals surface area contributed by atoms with Crippen LogP contribution >= 0.6 is 0 Å². The number of rotatable bonds is 3. The number of benzene rings is 2. The van der Waals surface area contributed by atoms with Crippen molar-refractivity contribution in [2.75, 3.05) is 31.6 Å². The number of hydrogen-bond acceptors (Lipinski definition) is 7. The van der Waals surface area contributed by atoms with Crippen LogP contribution in [0.25, 0.3) is 32.9 Å². The van der Waals surface area contributed by atoms with Crippen LogP contribution in [0.15, 0.2) is 36.5 Å². The van der Waals surface area contributed by atoms with Crippen molar-refractivity contribution in [3.05, 3.63) is 47.9 Å². The molecule has 0 bridgehead atoms. The highest BCUT2D eigenvalue weighted by molar-refractivity contribution is 6.03. The van der Waals surface area contributed by atoms with Crippen LogP contribution in [0.5, 0.6) is 11.8 Å². The number of hydrogen-bond donors (Lipinski definition) is 1. The van der Waals surface area contributed by atoms with Crippen molar-refractivity contribution in [2.24, 2.45) is 5.92 Å². The minimum absolute atomic E-state index is 0.0529. The Labute approximate surface area is 263 Å². The molecule has 4 aliphatic rings. The molecule has 8 rings (SSSR count). The maximum absolute atomic E-state index is 14.7. The molecule has 3 saturated heterocycles. The Morgan fingerprint density at radius 2 is 1.87 bits per heavy atom. The Bertz CT molecular complexity index is 1730. The number of fused-ring (bicyclic) bond motifs is 4. The van der Waals surface area contributed by atoms with Crippen molar-refractivity contribution in [3.8, 4) is 35.4 Å². The van der Waals surface area contributed by atoms with Gasteiger partial charge in [-0.15, -0.1) is 6.42 Å². The van der Waals surface area contributed by atoms with Gasteiger partial charge in [-0.2, -0.15) is 4.98 Å². The predicted molar refractivity (Wildman–Crippen MR) is 175 cm³/mol. The zero-order chi connectivity index (χ0) is 31.7. The van der Waals surface area contributed by atoms with E-state index in [1.165, 1.54) is 45.3 Å².